The Bertz CT molecular complexity index is 676. The van der Waals surface area contributed by atoms with E-state index >= 15 is 0 Å². The van der Waals surface area contributed by atoms with Gasteiger partial charge in [0, 0.05) is 16.1 Å². The first-order valence-electron chi connectivity index (χ1n) is 6.03. The Morgan fingerprint density at radius 2 is 1.86 bits per heavy atom. The summed E-state index contributed by atoms with van der Waals surface area (Å²) in [5.41, 5.74) is 1.01. The average molecular weight is 371 g/mol. The zero-order valence-corrected chi connectivity index (χ0v) is 13.8. The number of ether oxygens (including phenoxy) is 2. The van der Waals surface area contributed by atoms with E-state index in [9.17, 15) is 4.79 Å². The highest BCUT2D eigenvalue weighted by Gasteiger charge is 2.13. The maximum absolute atomic E-state index is 12.2. The van der Waals surface area contributed by atoms with E-state index < -0.39 is 0 Å². The number of methoxy groups -OCH3 is 2. The van der Waals surface area contributed by atoms with Crippen LogP contribution in [-0.4, -0.2) is 20.1 Å². The van der Waals surface area contributed by atoms with Gasteiger partial charge < -0.3 is 14.8 Å². The fourth-order valence-electron chi connectivity index (χ4n) is 1.78. The standard InChI is InChI=1S/C15H13BrClNO3/c1-20-13-8-14(21-2)12(7-11(13)17)18-15(19)9-4-3-5-10(16)6-9/h3-8H,1-2H3,(H,18,19). The van der Waals surface area contributed by atoms with Gasteiger partial charge in [0.1, 0.15) is 11.5 Å². The van der Waals surface area contributed by atoms with Crippen molar-refractivity contribution in [3.8, 4) is 11.5 Å². The SMILES string of the molecule is COc1cc(OC)c(NC(=O)c2cccc(Br)c2)cc1Cl. The molecular formula is C15H13BrClNO3. The molecule has 0 aliphatic rings. The average Bonchev–Trinajstić information content (AvgIpc) is 2.47. The number of nitrogens with one attached hydrogen (secondary N) is 1. The number of rotatable bonds is 4. The maximum Gasteiger partial charge on any atom is 0.255 e. The van der Waals surface area contributed by atoms with Crippen molar-refractivity contribution in [1.82, 2.24) is 0 Å². The van der Waals surface area contributed by atoms with E-state index in [1.807, 2.05) is 6.07 Å². The van der Waals surface area contributed by atoms with Crippen LogP contribution in [0.2, 0.25) is 5.02 Å². The van der Waals surface area contributed by atoms with Crippen molar-refractivity contribution in [2.24, 2.45) is 0 Å². The van der Waals surface area contributed by atoms with E-state index in [2.05, 4.69) is 21.2 Å². The van der Waals surface area contributed by atoms with E-state index in [4.69, 9.17) is 21.1 Å². The first kappa shape index (κ1) is 15.7. The normalized spacial score (nSPS) is 10.1. The molecule has 0 atom stereocenters. The predicted molar refractivity (Wildman–Crippen MR) is 86.7 cm³/mol. The third kappa shape index (κ3) is 3.68. The van der Waals surface area contributed by atoms with E-state index in [-0.39, 0.29) is 5.91 Å². The van der Waals surface area contributed by atoms with Gasteiger partial charge >= 0.3 is 0 Å². The fraction of sp³-hybridized carbons (Fsp3) is 0.133. The zero-order valence-electron chi connectivity index (χ0n) is 11.4. The van der Waals surface area contributed by atoms with Crippen LogP contribution < -0.4 is 14.8 Å². The van der Waals surface area contributed by atoms with Gasteiger partial charge in [-0.3, -0.25) is 4.79 Å². The monoisotopic (exact) mass is 369 g/mol. The summed E-state index contributed by atoms with van der Waals surface area (Å²) < 4.78 is 11.2. The number of hydrogen-bond donors (Lipinski definition) is 1. The van der Waals surface area contributed by atoms with Gasteiger partial charge in [-0.05, 0) is 24.3 Å². The van der Waals surface area contributed by atoms with Crippen molar-refractivity contribution in [2.45, 2.75) is 0 Å². The van der Waals surface area contributed by atoms with Gasteiger partial charge in [-0.1, -0.05) is 33.6 Å². The third-order valence-electron chi connectivity index (χ3n) is 2.81. The van der Waals surface area contributed by atoms with Gasteiger partial charge in [-0.25, -0.2) is 0 Å². The molecule has 0 aromatic heterocycles. The van der Waals surface area contributed by atoms with Crippen LogP contribution in [0.4, 0.5) is 5.69 Å². The second-order valence-corrected chi connectivity index (χ2v) is 5.47. The van der Waals surface area contributed by atoms with Crippen LogP contribution in [0.5, 0.6) is 11.5 Å². The molecule has 0 radical (unpaired) electrons. The first-order chi connectivity index (χ1) is 10.0. The molecule has 0 saturated heterocycles. The van der Waals surface area contributed by atoms with E-state index in [0.29, 0.717) is 27.8 Å². The summed E-state index contributed by atoms with van der Waals surface area (Å²) in [5.74, 6) is 0.699. The Kier molecular flexibility index (Phi) is 5.09. The van der Waals surface area contributed by atoms with Gasteiger partial charge in [0.15, 0.2) is 0 Å². The van der Waals surface area contributed by atoms with Crippen LogP contribution in [0.1, 0.15) is 10.4 Å². The smallest absolute Gasteiger partial charge is 0.255 e. The van der Waals surface area contributed by atoms with Crippen LogP contribution in [0.15, 0.2) is 40.9 Å². The molecule has 0 saturated carbocycles. The quantitative estimate of drug-likeness (QED) is 0.869. The minimum absolute atomic E-state index is 0.254. The summed E-state index contributed by atoms with van der Waals surface area (Å²) in [6, 6.07) is 10.3. The molecule has 2 aromatic carbocycles. The molecule has 4 nitrogen and oxygen atoms in total. The summed E-state index contributed by atoms with van der Waals surface area (Å²) in [6.07, 6.45) is 0. The molecule has 0 bridgehead atoms. The zero-order chi connectivity index (χ0) is 15.4. The molecule has 110 valence electrons. The van der Waals surface area contributed by atoms with Crippen LogP contribution in [-0.2, 0) is 0 Å². The Balaban J connectivity index is 2.30. The number of carbonyl (C=O) groups is 1. The number of hydrogen-bond acceptors (Lipinski definition) is 3. The first-order valence-corrected chi connectivity index (χ1v) is 7.20. The minimum atomic E-state index is -0.254. The lowest BCUT2D eigenvalue weighted by Crippen LogP contribution is -2.12. The summed E-state index contributed by atoms with van der Waals surface area (Å²) in [7, 11) is 3.03. The van der Waals surface area contributed by atoms with Crippen molar-refractivity contribution >= 4 is 39.1 Å². The van der Waals surface area contributed by atoms with Gasteiger partial charge in [0.2, 0.25) is 0 Å². The molecule has 0 heterocycles. The predicted octanol–water partition coefficient (Wildman–Crippen LogP) is 4.37. The van der Waals surface area contributed by atoms with E-state index in [1.54, 1.807) is 30.3 Å². The van der Waals surface area contributed by atoms with Crippen molar-refractivity contribution in [3.05, 3.63) is 51.5 Å². The molecule has 21 heavy (non-hydrogen) atoms. The second kappa shape index (κ2) is 6.83. The summed E-state index contributed by atoms with van der Waals surface area (Å²) >= 11 is 9.41. The van der Waals surface area contributed by atoms with Crippen LogP contribution >= 0.6 is 27.5 Å². The third-order valence-corrected chi connectivity index (χ3v) is 3.60. The van der Waals surface area contributed by atoms with E-state index in [0.717, 1.165) is 4.47 Å². The molecular weight excluding hydrogens is 358 g/mol. The lowest BCUT2D eigenvalue weighted by atomic mass is 10.2. The molecule has 0 fully saturated rings. The van der Waals surface area contributed by atoms with Crippen LogP contribution in [0, 0.1) is 0 Å². The number of amides is 1. The summed E-state index contributed by atoms with van der Waals surface area (Å²) in [4.78, 5) is 12.2. The molecule has 1 amide bonds. The van der Waals surface area contributed by atoms with Gasteiger partial charge in [0.25, 0.3) is 5.91 Å². The fourth-order valence-corrected chi connectivity index (χ4v) is 2.42. The van der Waals surface area contributed by atoms with Gasteiger partial charge in [0.05, 0.1) is 24.9 Å². The van der Waals surface area contributed by atoms with Crippen LogP contribution in [0.25, 0.3) is 0 Å². The maximum atomic E-state index is 12.2. The molecule has 0 aliphatic heterocycles. The lowest BCUT2D eigenvalue weighted by molar-refractivity contribution is 0.102. The Morgan fingerprint density at radius 3 is 2.48 bits per heavy atom. The molecule has 1 N–H and O–H groups in total. The van der Waals surface area contributed by atoms with Crippen molar-refractivity contribution in [3.63, 3.8) is 0 Å². The highest BCUT2D eigenvalue weighted by atomic mass is 79.9. The molecule has 0 unspecified atom stereocenters. The van der Waals surface area contributed by atoms with Crippen LogP contribution in [0.3, 0.4) is 0 Å². The topological polar surface area (TPSA) is 47.6 Å². The number of halogens is 2. The largest absolute Gasteiger partial charge is 0.495 e. The lowest BCUT2D eigenvalue weighted by Gasteiger charge is -2.13. The molecule has 6 heteroatoms. The van der Waals surface area contributed by atoms with Crippen molar-refractivity contribution in [1.29, 1.82) is 0 Å². The number of carbonyl (C=O) groups excluding carboxylic acids is 1. The van der Waals surface area contributed by atoms with Gasteiger partial charge in [-0.2, -0.15) is 0 Å². The Hall–Kier alpha value is -1.72. The number of anilines is 1. The minimum Gasteiger partial charge on any atom is -0.495 e. The second-order valence-electron chi connectivity index (χ2n) is 4.15. The van der Waals surface area contributed by atoms with E-state index in [1.165, 1.54) is 14.2 Å². The molecule has 2 aromatic rings. The number of benzene rings is 2. The summed E-state index contributed by atoms with van der Waals surface area (Å²) in [5, 5.41) is 3.16. The Morgan fingerprint density at radius 1 is 1.14 bits per heavy atom. The summed E-state index contributed by atoms with van der Waals surface area (Å²) in [6.45, 7) is 0. The van der Waals surface area contributed by atoms with Crippen molar-refractivity contribution in [2.75, 3.05) is 19.5 Å². The molecule has 2 rings (SSSR count). The highest BCUT2D eigenvalue weighted by molar-refractivity contribution is 9.10. The molecule has 0 aliphatic carbocycles. The van der Waals surface area contributed by atoms with Gasteiger partial charge in [-0.15, -0.1) is 0 Å². The Labute approximate surface area is 136 Å². The highest BCUT2D eigenvalue weighted by Crippen LogP contribution is 2.36. The van der Waals surface area contributed by atoms with Crippen molar-refractivity contribution < 1.29 is 14.3 Å². The molecule has 0 spiro atoms.